The molecule has 4 nitrogen and oxygen atoms in total. The molecule has 2 aromatic carbocycles. The monoisotopic (exact) mass is 342 g/mol. The molecule has 0 bridgehead atoms. The van der Waals surface area contributed by atoms with Crippen molar-refractivity contribution in [2.45, 2.75) is 20.4 Å². The van der Waals surface area contributed by atoms with Crippen LogP contribution in [0.3, 0.4) is 0 Å². The molecule has 1 aliphatic rings. The van der Waals surface area contributed by atoms with Crippen LogP contribution < -0.4 is 15.4 Å². The van der Waals surface area contributed by atoms with Crippen molar-refractivity contribution in [1.29, 1.82) is 0 Å². The van der Waals surface area contributed by atoms with Crippen LogP contribution in [-0.2, 0) is 11.3 Å². The lowest BCUT2D eigenvalue weighted by atomic mass is 9.88. The number of carbonyl (C=O) groups is 1. The van der Waals surface area contributed by atoms with E-state index in [9.17, 15) is 9.18 Å². The molecular weight excluding hydrogens is 319 g/mol. The number of hydrogen-bond donors (Lipinski definition) is 2. The standard InChI is InChI=1S/C20H23FN2O2/c1-13-9-15(10-23-20(24)14(2)16-11-22-12-16)3-8-19(13)25-18-6-4-17(21)5-7-18/h3-9,14,16,22H,10-12H2,1-2H3,(H,23,24). The van der Waals surface area contributed by atoms with Gasteiger partial charge in [-0.3, -0.25) is 4.79 Å². The van der Waals surface area contributed by atoms with E-state index in [2.05, 4.69) is 10.6 Å². The van der Waals surface area contributed by atoms with Crippen molar-refractivity contribution in [3.63, 3.8) is 0 Å². The molecule has 1 fully saturated rings. The average Bonchev–Trinajstić information content (AvgIpc) is 2.55. The molecule has 1 unspecified atom stereocenters. The van der Waals surface area contributed by atoms with Crippen LogP contribution in [0, 0.1) is 24.6 Å². The summed E-state index contributed by atoms with van der Waals surface area (Å²) in [4.78, 5) is 12.2. The van der Waals surface area contributed by atoms with Crippen LogP contribution in [0.1, 0.15) is 18.1 Å². The summed E-state index contributed by atoms with van der Waals surface area (Å²) in [5, 5.41) is 6.19. The van der Waals surface area contributed by atoms with E-state index in [1.54, 1.807) is 12.1 Å². The Morgan fingerprint density at radius 3 is 2.60 bits per heavy atom. The lowest BCUT2D eigenvalue weighted by molar-refractivity contribution is -0.126. The summed E-state index contributed by atoms with van der Waals surface area (Å²) in [7, 11) is 0. The zero-order valence-electron chi connectivity index (χ0n) is 14.5. The highest BCUT2D eigenvalue weighted by molar-refractivity contribution is 5.78. The second-order valence-corrected chi connectivity index (χ2v) is 6.58. The topological polar surface area (TPSA) is 50.4 Å². The Hall–Kier alpha value is -2.40. The van der Waals surface area contributed by atoms with Crippen LogP contribution in [0.5, 0.6) is 11.5 Å². The number of benzene rings is 2. The fraction of sp³-hybridized carbons (Fsp3) is 0.350. The highest BCUT2D eigenvalue weighted by Crippen LogP contribution is 2.26. The van der Waals surface area contributed by atoms with Crippen molar-refractivity contribution >= 4 is 5.91 Å². The minimum atomic E-state index is -0.290. The predicted molar refractivity (Wildman–Crippen MR) is 95.0 cm³/mol. The number of aryl methyl sites for hydroxylation is 1. The molecule has 3 rings (SSSR count). The van der Waals surface area contributed by atoms with Gasteiger partial charge in [-0.05, 0) is 67.4 Å². The number of carbonyl (C=O) groups excluding carboxylic acids is 1. The number of rotatable bonds is 6. The Morgan fingerprint density at radius 1 is 1.28 bits per heavy atom. The Kier molecular flexibility index (Phi) is 5.34. The van der Waals surface area contributed by atoms with E-state index < -0.39 is 0 Å². The smallest absolute Gasteiger partial charge is 0.223 e. The first-order chi connectivity index (χ1) is 12.0. The van der Waals surface area contributed by atoms with E-state index >= 15 is 0 Å². The number of hydrogen-bond acceptors (Lipinski definition) is 3. The van der Waals surface area contributed by atoms with Crippen molar-refractivity contribution in [1.82, 2.24) is 10.6 Å². The third-order valence-electron chi connectivity index (χ3n) is 4.68. The number of ether oxygens (including phenoxy) is 1. The summed E-state index contributed by atoms with van der Waals surface area (Å²) in [6.07, 6.45) is 0. The maximum atomic E-state index is 12.9. The van der Waals surface area contributed by atoms with E-state index in [-0.39, 0.29) is 17.6 Å². The van der Waals surface area contributed by atoms with Gasteiger partial charge in [0.2, 0.25) is 5.91 Å². The number of amides is 1. The molecule has 132 valence electrons. The van der Waals surface area contributed by atoms with Crippen LogP contribution in [0.25, 0.3) is 0 Å². The predicted octanol–water partition coefficient (Wildman–Crippen LogP) is 3.40. The molecule has 25 heavy (non-hydrogen) atoms. The van der Waals surface area contributed by atoms with Gasteiger partial charge in [-0.15, -0.1) is 0 Å². The Bertz CT molecular complexity index is 742. The fourth-order valence-electron chi connectivity index (χ4n) is 2.79. The molecule has 1 heterocycles. The van der Waals surface area contributed by atoms with Gasteiger partial charge in [0, 0.05) is 12.5 Å². The van der Waals surface area contributed by atoms with Gasteiger partial charge in [-0.1, -0.05) is 19.1 Å². The third kappa shape index (κ3) is 4.37. The maximum Gasteiger partial charge on any atom is 0.223 e. The van der Waals surface area contributed by atoms with Gasteiger partial charge in [0.1, 0.15) is 17.3 Å². The molecular formula is C20H23FN2O2. The van der Waals surface area contributed by atoms with Crippen LogP contribution in [0.2, 0.25) is 0 Å². The Morgan fingerprint density at radius 2 is 2.00 bits per heavy atom. The Balaban J connectivity index is 1.57. The third-order valence-corrected chi connectivity index (χ3v) is 4.68. The second kappa shape index (κ2) is 7.66. The molecule has 1 amide bonds. The molecule has 5 heteroatoms. The van der Waals surface area contributed by atoms with E-state index in [0.29, 0.717) is 18.2 Å². The van der Waals surface area contributed by atoms with E-state index in [0.717, 1.165) is 30.0 Å². The fourth-order valence-corrected chi connectivity index (χ4v) is 2.79. The zero-order valence-corrected chi connectivity index (χ0v) is 14.5. The van der Waals surface area contributed by atoms with Gasteiger partial charge in [0.05, 0.1) is 0 Å². The summed E-state index contributed by atoms with van der Waals surface area (Å²) in [6.45, 7) is 6.27. The molecule has 0 spiro atoms. The molecule has 0 aliphatic carbocycles. The van der Waals surface area contributed by atoms with E-state index in [1.807, 2.05) is 32.0 Å². The van der Waals surface area contributed by atoms with Gasteiger partial charge in [0.15, 0.2) is 0 Å². The van der Waals surface area contributed by atoms with Crippen molar-refractivity contribution < 1.29 is 13.9 Å². The average molecular weight is 342 g/mol. The van der Waals surface area contributed by atoms with Gasteiger partial charge >= 0.3 is 0 Å². The van der Waals surface area contributed by atoms with Gasteiger partial charge < -0.3 is 15.4 Å². The van der Waals surface area contributed by atoms with Gasteiger partial charge in [-0.2, -0.15) is 0 Å². The molecule has 0 radical (unpaired) electrons. The van der Waals surface area contributed by atoms with Crippen molar-refractivity contribution in [3.05, 3.63) is 59.4 Å². The minimum absolute atomic E-state index is 0.0310. The SMILES string of the molecule is Cc1cc(CNC(=O)C(C)C2CNC2)ccc1Oc1ccc(F)cc1. The summed E-state index contributed by atoms with van der Waals surface area (Å²) >= 11 is 0. The quantitative estimate of drug-likeness (QED) is 0.846. The maximum absolute atomic E-state index is 12.9. The lowest BCUT2D eigenvalue weighted by Crippen LogP contribution is -2.49. The zero-order chi connectivity index (χ0) is 17.8. The van der Waals surface area contributed by atoms with Crippen LogP contribution in [0.15, 0.2) is 42.5 Å². The molecule has 1 saturated heterocycles. The van der Waals surface area contributed by atoms with Crippen molar-refractivity contribution in [2.75, 3.05) is 13.1 Å². The molecule has 0 saturated carbocycles. The van der Waals surface area contributed by atoms with Crippen LogP contribution in [-0.4, -0.2) is 19.0 Å². The first-order valence-corrected chi connectivity index (χ1v) is 8.54. The molecule has 2 aromatic rings. The highest BCUT2D eigenvalue weighted by atomic mass is 19.1. The first kappa shape index (κ1) is 17.4. The molecule has 1 aliphatic heterocycles. The molecule has 2 N–H and O–H groups in total. The molecule has 0 aromatic heterocycles. The van der Waals surface area contributed by atoms with Crippen molar-refractivity contribution in [2.24, 2.45) is 11.8 Å². The molecule has 1 atom stereocenters. The summed E-state index contributed by atoms with van der Waals surface area (Å²) in [5.74, 6) is 1.58. The van der Waals surface area contributed by atoms with Crippen LogP contribution in [0.4, 0.5) is 4.39 Å². The highest BCUT2D eigenvalue weighted by Gasteiger charge is 2.28. The minimum Gasteiger partial charge on any atom is -0.457 e. The second-order valence-electron chi connectivity index (χ2n) is 6.58. The largest absolute Gasteiger partial charge is 0.457 e. The lowest BCUT2D eigenvalue weighted by Gasteiger charge is -2.31. The number of halogens is 1. The van der Waals surface area contributed by atoms with Crippen molar-refractivity contribution in [3.8, 4) is 11.5 Å². The van der Waals surface area contributed by atoms with E-state index in [4.69, 9.17) is 4.74 Å². The number of nitrogens with one attached hydrogen (secondary N) is 2. The first-order valence-electron chi connectivity index (χ1n) is 8.54. The summed E-state index contributed by atoms with van der Waals surface area (Å²) in [5.41, 5.74) is 1.99. The normalized spacial score (nSPS) is 15.3. The summed E-state index contributed by atoms with van der Waals surface area (Å²) < 4.78 is 18.7. The van der Waals surface area contributed by atoms with Crippen LogP contribution >= 0.6 is 0 Å². The van der Waals surface area contributed by atoms with E-state index in [1.165, 1.54) is 12.1 Å². The van der Waals surface area contributed by atoms with Gasteiger partial charge in [-0.25, -0.2) is 4.39 Å². The van der Waals surface area contributed by atoms with Gasteiger partial charge in [0.25, 0.3) is 0 Å². The summed E-state index contributed by atoms with van der Waals surface area (Å²) in [6, 6.07) is 11.7. The Labute approximate surface area is 147 Å².